The predicted octanol–water partition coefficient (Wildman–Crippen LogP) is 2.53. The number of β-amino-alcohol motifs (C(OH)–C–C–N with tert-alkyl or cyclic N) is 1. The van der Waals surface area contributed by atoms with Crippen LogP contribution >= 0.6 is 0 Å². The van der Waals surface area contributed by atoms with Crippen molar-refractivity contribution in [2.45, 2.75) is 12.7 Å². The lowest BCUT2D eigenvalue weighted by Crippen LogP contribution is -2.49. The lowest BCUT2D eigenvalue weighted by molar-refractivity contribution is 0.00914. The van der Waals surface area contributed by atoms with Crippen molar-refractivity contribution in [3.05, 3.63) is 66.0 Å². The molecule has 1 atom stereocenters. The van der Waals surface area contributed by atoms with Gasteiger partial charge in [0.25, 0.3) is 0 Å². The minimum atomic E-state index is -0.485. The number of benzene rings is 2. The average Bonchev–Trinajstić information content (AvgIpc) is 2.64. The molecule has 2 aromatic carbocycles. The number of nitrogens with zero attached hydrogens (tertiary/aromatic N) is 2. The Morgan fingerprint density at radius 3 is 2.32 bits per heavy atom. The Labute approximate surface area is 148 Å². The van der Waals surface area contributed by atoms with Crippen molar-refractivity contribution in [1.82, 2.24) is 4.90 Å². The molecule has 1 heterocycles. The summed E-state index contributed by atoms with van der Waals surface area (Å²) < 4.78 is 18.6. The van der Waals surface area contributed by atoms with Crippen molar-refractivity contribution >= 4 is 5.69 Å². The summed E-state index contributed by atoms with van der Waals surface area (Å²) in [6.07, 6.45) is -0.485. The molecule has 0 aromatic heterocycles. The second-order valence-electron chi connectivity index (χ2n) is 6.42. The number of rotatable bonds is 7. The van der Waals surface area contributed by atoms with Gasteiger partial charge in [0.2, 0.25) is 0 Å². The van der Waals surface area contributed by atoms with Crippen LogP contribution in [-0.2, 0) is 11.3 Å². The highest BCUT2D eigenvalue weighted by Gasteiger charge is 2.19. The lowest BCUT2D eigenvalue weighted by Gasteiger charge is -2.36. The summed E-state index contributed by atoms with van der Waals surface area (Å²) in [5, 5.41) is 10.2. The van der Waals surface area contributed by atoms with Gasteiger partial charge in [-0.2, -0.15) is 0 Å². The molecule has 0 saturated carbocycles. The van der Waals surface area contributed by atoms with E-state index in [1.807, 2.05) is 42.5 Å². The Balaban J connectivity index is 1.36. The molecule has 25 heavy (non-hydrogen) atoms. The summed E-state index contributed by atoms with van der Waals surface area (Å²) in [6.45, 7) is 5.00. The Hall–Kier alpha value is -1.95. The van der Waals surface area contributed by atoms with Gasteiger partial charge in [0, 0.05) is 38.4 Å². The fourth-order valence-corrected chi connectivity index (χ4v) is 3.08. The lowest BCUT2D eigenvalue weighted by atomic mass is 10.2. The molecule has 3 rings (SSSR count). The third-order valence-corrected chi connectivity index (χ3v) is 4.45. The molecule has 0 bridgehead atoms. The van der Waals surface area contributed by atoms with E-state index in [9.17, 15) is 9.50 Å². The largest absolute Gasteiger partial charge is 0.389 e. The number of hydrogen-bond acceptors (Lipinski definition) is 4. The van der Waals surface area contributed by atoms with E-state index in [0.717, 1.165) is 37.4 Å². The molecular formula is C20H25FN2O2. The third kappa shape index (κ3) is 5.53. The topological polar surface area (TPSA) is 35.9 Å². The maximum absolute atomic E-state index is 13.0. The first kappa shape index (κ1) is 17.9. The van der Waals surface area contributed by atoms with Crippen LogP contribution in [0.25, 0.3) is 0 Å². The number of aliphatic hydroxyl groups is 1. The first-order valence-electron chi connectivity index (χ1n) is 8.73. The SMILES string of the molecule is OC(COCc1ccccc1)CN1CCN(c2ccc(F)cc2)CC1. The first-order valence-corrected chi connectivity index (χ1v) is 8.73. The van der Waals surface area contributed by atoms with E-state index in [4.69, 9.17) is 4.74 Å². The fourth-order valence-electron chi connectivity index (χ4n) is 3.08. The monoisotopic (exact) mass is 344 g/mol. The number of ether oxygens (including phenoxy) is 1. The molecule has 0 aliphatic carbocycles. The quantitative estimate of drug-likeness (QED) is 0.837. The maximum Gasteiger partial charge on any atom is 0.123 e. The van der Waals surface area contributed by atoms with Crippen LogP contribution in [0.2, 0.25) is 0 Å². The van der Waals surface area contributed by atoms with Gasteiger partial charge < -0.3 is 14.7 Å². The molecule has 1 N–H and O–H groups in total. The van der Waals surface area contributed by atoms with Crippen molar-refractivity contribution in [2.24, 2.45) is 0 Å². The van der Waals surface area contributed by atoms with Gasteiger partial charge in [0.15, 0.2) is 0 Å². The zero-order chi connectivity index (χ0) is 17.5. The summed E-state index contributed by atoms with van der Waals surface area (Å²) in [6, 6.07) is 16.6. The second-order valence-corrected chi connectivity index (χ2v) is 6.42. The zero-order valence-electron chi connectivity index (χ0n) is 14.4. The maximum atomic E-state index is 13.0. The smallest absolute Gasteiger partial charge is 0.123 e. The van der Waals surface area contributed by atoms with Gasteiger partial charge in [-0.3, -0.25) is 4.90 Å². The molecule has 1 fully saturated rings. The number of piperazine rings is 1. The molecule has 5 heteroatoms. The Morgan fingerprint density at radius 2 is 1.64 bits per heavy atom. The van der Waals surface area contributed by atoms with Crippen LogP contribution in [0.15, 0.2) is 54.6 Å². The highest BCUT2D eigenvalue weighted by Crippen LogP contribution is 2.17. The molecule has 134 valence electrons. The normalized spacial score (nSPS) is 16.8. The van der Waals surface area contributed by atoms with E-state index in [2.05, 4.69) is 9.80 Å². The van der Waals surface area contributed by atoms with Crippen LogP contribution in [0.5, 0.6) is 0 Å². The van der Waals surface area contributed by atoms with Gasteiger partial charge in [0.05, 0.1) is 19.3 Å². The molecule has 1 aliphatic heterocycles. The summed E-state index contributed by atoms with van der Waals surface area (Å²) in [5.74, 6) is -0.207. The second kappa shape index (κ2) is 8.94. The van der Waals surface area contributed by atoms with Crippen LogP contribution in [0.4, 0.5) is 10.1 Å². The average molecular weight is 344 g/mol. The minimum Gasteiger partial charge on any atom is -0.389 e. The number of halogens is 1. The summed E-state index contributed by atoms with van der Waals surface area (Å²) >= 11 is 0. The molecule has 0 amide bonds. The predicted molar refractivity (Wildman–Crippen MR) is 97.2 cm³/mol. The fraction of sp³-hybridized carbons (Fsp3) is 0.400. The molecule has 0 spiro atoms. The van der Waals surface area contributed by atoms with Gasteiger partial charge in [-0.25, -0.2) is 4.39 Å². The molecule has 1 unspecified atom stereocenters. The van der Waals surface area contributed by atoms with E-state index in [1.165, 1.54) is 12.1 Å². The highest BCUT2D eigenvalue weighted by molar-refractivity contribution is 5.46. The Morgan fingerprint density at radius 1 is 0.960 bits per heavy atom. The van der Waals surface area contributed by atoms with E-state index >= 15 is 0 Å². The number of aliphatic hydroxyl groups excluding tert-OH is 1. The van der Waals surface area contributed by atoms with E-state index in [0.29, 0.717) is 19.8 Å². The van der Waals surface area contributed by atoms with Crippen LogP contribution in [-0.4, -0.2) is 55.4 Å². The van der Waals surface area contributed by atoms with Crippen LogP contribution in [0, 0.1) is 5.82 Å². The van der Waals surface area contributed by atoms with Gasteiger partial charge in [-0.05, 0) is 29.8 Å². The summed E-state index contributed by atoms with van der Waals surface area (Å²) in [5.41, 5.74) is 2.16. The molecule has 4 nitrogen and oxygen atoms in total. The van der Waals surface area contributed by atoms with Crippen molar-refractivity contribution in [3.63, 3.8) is 0 Å². The Bertz CT molecular complexity index is 628. The zero-order valence-corrected chi connectivity index (χ0v) is 14.4. The summed E-state index contributed by atoms with van der Waals surface area (Å²) in [7, 11) is 0. The van der Waals surface area contributed by atoms with E-state index < -0.39 is 6.10 Å². The number of anilines is 1. The molecule has 2 aromatic rings. The van der Waals surface area contributed by atoms with E-state index in [1.54, 1.807) is 0 Å². The van der Waals surface area contributed by atoms with Crippen LogP contribution < -0.4 is 4.90 Å². The molecular weight excluding hydrogens is 319 g/mol. The van der Waals surface area contributed by atoms with Crippen LogP contribution in [0.1, 0.15) is 5.56 Å². The third-order valence-electron chi connectivity index (χ3n) is 4.45. The van der Waals surface area contributed by atoms with Crippen LogP contribution in [0.3, 0.4) is 0 Å². The van der Waals surface area contributed by atoms with E-state index in [-0.39, 0.29) is 5.82 Å². The molecule has 1 aliphatic rings. The van der Waals surface area contributed by atoms with Gasteiger partial charge in [-0.15, -0.1) is 0 Å². The molecule has 0 radical (unpaired) electrons. The van der Waals surface area contributed by atoms with Gasteiger partial charge in [-0.1, -0.05) is 30.3 Å². The Kier molecular flexibility index (Phi) is 6.39. The standard InChI is InChI=1S/C20H25FN2O2/c21-18-6-8-19(9-7-18)23-12-10-22(11-13-23)14-20(24)16-25-15-17-4-2-1-3-5-17/h1-9,20,24H,10-16H2. The minimum absolute atomic E-state index is 0.207. The first-order chi connectivity index (χ1) is 12.2. The van der Waals surface area contributed by atoms with Crippen molar-refractivity contribution in [2.75, 3.05) is 44.2 Å². The van der Waals surface area contributed by atoms with Gasteiger partial charge >= 0.3 is 0 Å². The number of hydrogen-bond donors (Lipinski definition) is 1. The molecule has 1 saturated heterocycles. The van der Waals surface area contributed by atoms with Crippen molar-refractivity contribution in [1.29, 1.82) is 0 Å². The summed E-state index contributed by atoms with van der Waals surface area (Å²) in [4.78, 5) is 4.49. The van der Waals surface area contributed by atoms with Gasteiger partial charge in [0.1, 0.15) is 5.82 Å². The van der Waals surface area contributed by atoms with Crippen molar-refractivity contribution < 1.29 is 14.2 Å². The van der Waals surface area contributed by atoms with Crippen molar-refractivity contribution in [3.8, 4) is 0 Å². The highest BCUT2D eigenvalue weighted by atomic mass is 19.1.